The summed E-state index contributed by atoms with van der Waals surface area (Å²) in [5.41, 5.74) is 2.27. The van der Waals surface area contributed by atoms with Crippen molar-refractivity contribution >= 4 is 35.1 Å². The van der Waals surface area contributed by atoms with Crippen molar-refractivity contribution in [3.63, 3.8) is 0 Å². The van der Waals surface area contributed by atoms with Gasteiger partial charge in [-0.1, -0.05) is 41.4 Å². The molecule has 0 aliphatic heterocycles. The molecule has 108 valence electrons. The van der Waals surface area contributed by atoms with Gasteiger partial charge in [0, 0.05) is 5.56 Å². The molecular formula is C17H14Cl2O2. The number of benzene rings is 2. The smallest absolute Gasteiger partial charge is 0.186 e. The maximum atomic E-state index is 12.2. The van der Waals surface area contributed by atoms with E-state index in [1.54, 1.807) is 25.3 Å². The molecule has 0 saturated carbocycles. The van der Waals surface area contributed by atoms with Crippen LogP contribution in [0.3, 0.4) is 0 Å². The van der Waals surface area contributed by atoms with E-state index in [1.165, 1.54) is 6.08 Å². The highest BCUT2D eigenvalue weighted by molar-refractivity contribution is 6.42. The highest BCUT2D eigenvalue weighted by Gasteiger charge is 2.09. The summed E-state index contributed by atoms with van der Waals surface area (Å²) in [6, 6.07) is 10.7. The lowest BCUT2D eigenvalue weighted by Gasteiger charge is -2.04. The molecule has 0 amide bonds. The Bertz CT molecular complexity index is 689. The molecule has 0 aliphatic carbocycles. The van der Waals surface area contributed by atoms with Gasteiger partial charge in [-0.05, 0) is 48.4 Å². The lowest BCUT2D eigenvalue weighted by molar-refractivity contribution is 0.104. The van der Waals surface area contributed by atoms with Gasteiger partial charge in [-0.3, -0.25) is 4.79 Å². The predicted octanol–water partition coefficient (Wildman–Crippen LogP) is 5.21. The number of carbonyl (C=O) groups excluding carboxylic acids is 1. The molecule has 0 aromatic heterocycles. The molecule has 0 heterocycles. The number of hydrogen-bond donors (Lipinski definition) is 0. The summed E-state index contributed by atoms with van der Waals surface area (Å²) in [7, 11) is 1.61. The number of halogens is 2. The summed E-state index contributed by atoms with van der Waals surface area (Å²) < 4.78 is 5.09. The van der Waals surface area contributed by atoms with Crippen LogP contribution >= 0.6 is 23.2 Å². The van der Waals surface area contributed by atoms with Gasteiger partial charge in [-0.25, -0.2) is 0 Å². The summed E-state index contributed by atoms with van der Waals surface area (Å²) in [5, 5.41) is 0.827. The normalized spacial score (nSPS) is 10.9. The molecule has 0 atom stereocenters. The third-order valence-corrected chi connectivity index (χ3v) is 3.80. The first-order valence-corrected chi connectivity index (χ1v) is 7.09. The fourth-order valence-corrected chi connectivity index (χ4v) is 2.27. The SMILES string of the molecule is COc1ccc(/C=C/C(=O)c2cc(Cl)c(Cl)cc2C)cc1. The van der Waals surface area contributed by atoms with E-state index >= 15 is 0 Å². The van der Waals surface area contributed by atoms with Gasteiger partial charge in [-0.2, -0.15) is 0 Å². The summed E-state index contributed by atoms with van der Waals surface area (Å²) in [6.45, 7) is 1.83. The fourth-order valence-electron chi connectivity index (χ4n) is 1.89. The number of rotatable bonds is 4. The standard InChI is InChI=1S/C17H14Cl2O2/c1-11-9-15(18)16(19)10-14(11)17(20)8-5-12-3-6-13(21-2)7-4-12/h3-10H,1-2H3/b8-5+. The second kappa shape index (κ2) is 6.79. The zero-order valence-corrected chi connectivity index (χ0v) is 13.2. The van der Waals surface area contributed by atoms with E-state index in [-0.39, 0.29) is 5.78 Å². The van der Waals surface area contributed by atoms with Gasteiger partial charge >= 0.3 is 0 Å². The third kappa shape index (κ3) is 3.87. The molecule has 2 aromatic rings. The summed E-state index contributed by atoms with van der Waals surface area (Å²) in [4.78, 5) is 12.2. The Morgan fingerprint density at radius 1 is 1.10 bits per heavy atom. The quantitative estimate of drug-likeness (QED) is 0.571. The molecule has 4 heteroatoms. The molecule has 0 spiro atoms. The lowest BCUT2D eigenvalue weighted by atomic mass is 10.0. The second-order valence-corrected chi connectivity index (χ2v) is 5.37. The van der Waals surface area contributed by atoms with E-state index in [4.69, 9.17) is 27.9 Å². The average molecular weight is 321 g/mol. The van der Waals surface area contributed by atoms with Gasteiger partial charge in [0.25, 0.3) is 0 Å². The highest BCUT2D eigenvalue weighted by atomic mass is 35.5. The second-order valence-electron chi connectivity index (χ2n) is 4.55. The number of ether oxygens (including phenoxy) is 1. The van der Waals surface area contributed by atoms with Crippen LogP contribution in [0.5, 0.6) is 5.75 Å². The van der Waals surface area contributed by atoms with E-state index in [0.717, 1.165) is 16.9 Å². The molecular weight excluding hydrogens is 307 g/mol. The van der Waals surface area contributed by atoms with Crippen LogP contribution in [0.2, 0.25) is 10.0 Å². The largest absolute Gasteiger partial charge is 0.497 e. The number of hydrogen-bond acceptors (Lipinski definition) is 2. The molecule has 21 heavy (non-hydrogen) atoms. The molecule has 0 aliphatic rings. The molecule has 0 radical (unpaired) electrons. The third-order valence-electron chi connectivity index (χ3n) is 3.08. The van der Waals surface area contributed by atoms with E-state index in [2.05, 4.69) is 0 Å². The minimum Gasteiger partial charge on any atom is -0.497 e. The van der Waals surface area contributed by atoms with Gasteiger partial charge in [0.2, 0.25) is 0 Å². The van der Waals surface area contributed by atoms with Crippen LogP contribution in [-0.4, -0.2) is 12.9 Å². The molecule has 2 rings (SSSR count). The van der Waals surface area contributed by atoms with Crippen LogP contribution in [0.15, 0.2) is 42.5 Å². The Balaban J connectivity index is 2.20. The highest BCUT2D eigenvalue weighted by Crippen LogP contribution is 2.26. The zero-order chi connectivity index (χ0) is 15.4. The van der Waals surface area contributed by atoms with Crippen molar-refractivity contribution in [3.8, 4) is 5.75 Å². The van der Waals surface area contributed by atoms with Crippen molar-refractivity contribution < 1.29 is 9.53 Å². The van der Waals surface area contributed by atoms with Crippen molar-refractivity contribution in [1.29, 1.82) is 0 Å². The van der Waals surface area contributed by atoms with Crippen LogP contribution in [-0.2, 0) is 0 Å². The molecule has 2 aromatic carbocycles. The summed E-state index contributed by atoms with van der Waals surface area (Å²) >= 11 is 11.9. The predicted molar refractivity (Wildman–Crippen MR) is 87.6 cm³/mol. The van der Waals surface area contributed by atoms with Gasteiger partial charge in [0.05, 0.1) is 17.2 Å². The number of ketones is 1. The van der Waals surface area contributed by atoms with Crippen molar-refractivity contribution in [2.75, 3.05) is 7.11 Å². The molecule has 0 saturated heterocycles. The topological polar surface area (TPSA) is 26.3 Å². The first kappa shape index (κ1) is 15.6. The molecule has 0 unspecified atom stereocenters. The Morgan fingerprint density at radius 3 is 2.33 bits per heavy atom. The van der Waals surface area contributed by atoms with Gasteiger partial charge in [0.1, 0.15) is 5.75 Å². The van der Waals surface area contributed by atoms with Gasteiger partial charge in [-0.15, -0.1) is 0 Å². The minimum absolute atomic E-state index is 0.109. The number of methoxy groups -OCH3 is 1. The molecule has 2 nitrogen and oxygen atoms in total. The van der Waals surface area contributed by atoms with E-state index in [9.17, 15) is 4.79 Å². The first-order chi connectivity index (χ1) is 10.0. The van der Waals surface area contributed by atoms with Crippen molar-refractivity contribution in [2.24, 2.45) is 0 Å². The monoisotopic (exact) mass is 320 g/mol. The number of aryl methyl sites for hydroxylation is 1. The Labute approximate surface area is 134 Å². The maximum absolute atomic E-state index is 12.2. The van der Waals surface area contributed by atoms with Crippen molar-refractivity contribution in [3.05, 3.63) is 69.2 Å². The van der Waals surface area contributed by atoms with Crippen LogP contribution in [0.25, 0.3) is 6.08 Å². The van der Waals surface area contributed by atoms with Gasteiger partial charge in [0.15, 0.2) is 5.78 Å². The molecule has 0 bridgehead atoms. The Morgan fingerprint density at radius 2 is 1.71 bits per heavy atom. The Kier molecular flexibility index (Phi) is 5.05. The van der Waals surface area contributed by atoms with Crippen molar-refractivity contribution in [1.82, 2.24) is 0 Å². The van der Waals surface area contributed by atoms with Crippen LogP contribution in [0.4, 0.5) is 0 Å². The maximum Gasteiger partial charge on any atom is 0.186 e. The van der Waals surface area contributed by atoms with Gasteiger partial charge < -0.3 is 4.74 Å². The molecule has 0 fully saturated rings. The summed E-state index contributed by atoms with van der Waals surface area (Å²) in [6.07, 6.45) is 3.28. The minimum atomic E-state index is -0.109. The van der Waals surface area contributed by atoms with E-state index in [1.807, 2.05) is 31.2 Å². The van der Waals surface area contributed by atoms with Crippen LogP contribution in [0.1, 0.15) is 21.5 Å². The van der Waals surface area contributed by atoms with E-state index in [0.29, 0.717) is 15.6 Å². The summed E-state index contributed by atoms with van der Waals surface area (Å²) in [5.74, 6) is 0.667. The van der Waals surface area contributed by atoms with E-state index < -0.39 is 0 Å². The van der Waals surface area contributed by atoms with Crippen LogP contribution in [0, 0.1) is 6.92 Å². The first-order valence-electron chi connectivity index (χ1n) is 6.33. The lowest BCUT2D eigenvalue weighted by Crippen LogP contribution is -1.98. The number of carbonyl (C=O) groups is 1. The average Bonchev–Trinajstić information content (AvgIpc) is 2.49. The van der Waals surface area contributed by atoms with Crippen molar-refractivity contribution in [2.45, 2.75) is 6.92 Å². The fraction of sp³-hybridized carbons (Fsp3) is 0.118. The van der Waals surface area contributed by atoms with Crippen LogP contribution < -0.4 is 4.74 Å². The molecule has 0 N–H and O–H groups in total. The Hall–Kier alpha value is -1.77. The zero-order valence-electron chi connectivity index (χ0n) is 11.7. The number of allylic oxidation sites excluding steroid dienone is 1.